The van der Waals surface area contributed by atoms with Gasteiger partial charge >= 0.3 is 5.69 Å². The lowest BCUT2D eigenvalue weighted by Crippen LogP contribution is -2.43. The first-order valence-corrected chi connectivity index (χ1v) is 9.78. The number of nitrogens with one attached hydrogen (secondary N) is 4. The molecule has 0 saturated carbocycles. The second-order valence-electron chi connectivity index (χ2n) is 7.87. The van der Waals surface area contributed by atoms with Crippen LogP contribution in [0.5, 0.6) is 11.5 Å². The molecule has 0 aliphatic carbocycles. The molecule has 0 fully saturated rings. The Kier molecular flexibility index (Phi) is 6.26. The fraction of sp³-hybridized carbons (Fsp3) is 0.333. The van der Waals surface area contributed by atoms with Gasteiger partial charge in [0.25, 0.3) is 5.91 Å². The van der Waals surface area contributed by atoms with Crippen molar-refractivity contribution in [2.24, 2.45) is 0 Å². The van der Waals surface area contributed by atoms with Gasteiger partial charge < -0.3 is 30.1 Å². The van der Waals surface area contributed by atoms with Gasteiger partial charge in [-0.25, -0.2) is 4.79 Å². The molecule has 0 aliphatic rings. The molecule has 1 heterocycles. The van der Waals surface area contributed by atoms with Gasteiger partial charge in [0.05, 0.1) is 18.1 Å². The summed E-state index contributed by atoms with van der Waals surface area (Å²) in [6.45, 7) is 5.98. The lowest BCUT2D eigenvalue weighted by molar-refractivity contribution is -0.124. The van der Waals surface area contributed by atoms with E-state index in [-0.39, 0.29) is 23.7 Å². The van der Waals surface area contributed by atoms with Gasteiger partial charge in [0.15, 0.2) is 18.1 Å². The molecule has 0 spiro atoms. The monoisotopic (exact) mass is 432 g/mol. The van der Waals surface area contributed by atoms with E-state index in [0.717, 1.165) is 16.8 Å². The van der Waals surface area contributed by atoms with Crippen LogP contribution in [0, 0.1) is 0 Å². The summed E-state index contributed by atoms with van der Waals surface area (Å²) in [5, 5.41) is 6.58. The second kappa shape index (κ2) is 8.71. The maximum atomic E-state index is 12.0. The molecular weight excluding hydrogens is 408 g/mol. The van der Waals surface area contributed by atoms with Crippen molar-refractivity contribution in [3.05, 3.63) is 51.4 Å². The van der Waals surface area contributed by atoms with Gasteiger partial charge in [0.1, 0.15) is 0 Å². The smallest absolute Gasteiger partial charge is 0.323 e. The molecule has 160 valence electrons. The SMILES string of the molecule is COc1cc(CNc2ccc3[nH]c(=O)[nH]c3c2)c(Cl)cc1OCC(=O)NC(C)(C)C. The van der Waals surface area contributed by atoms with E-state index in [1.54, 1.807) is 12.1 Å². The van der Waals surface area contributed by atoms with Gasteiger partial charge in [-0.15, -0.1) is 0 Å². The summed E-state index contributed by atoms with van der Waals surface area (Å²) in [5.41, 5.74) is 2.48. The zero-order chi connectivity index (χ0) is 21.9. The van der Waals surface area contributed by atoms with Crippen LogP contribution in [0.4, 0.5) is 5.69 Å². The van der Waals surface area contributed by atoms with Crippen LogP contribution in [0.3, 0.4) is 0 Å². The van der Waals surface area contributed by atoms with Gasteiger partial charge in [-0.3, -0.25) is 4.79 Å². The number of halogens is 1. The Hall–Kier alpha value is -3.13. The lowest BCUT2D eigenvalue weighted by Gasteiger charge is -2.21. The molecule has 3 rings (SSSR count). The highest BCUT2D eigenvalue weighted by molar-refractivity contribution is 6.31. The van der Waals surface area contributed by atoms with E-state index in [1.165, 1.54) is 7.11 Å². The number of ether oxygens (including phenoxy) is 2. The number of carbonyl (C=O) groups is 1. The van der Waals surface area contributed by atoms with Crippen molar-refractivity contribution in [3.8, 4) is 11.5 Å². The number of fused-ring (bicyclic) bond motifs is 1. The summed E-state index contributed by atoms with van der Waals surface area (Å²) < 4.78 is 11.0. The Morgan fingerprint density at radius 1 is 1.10 bits per heavy atom. The number of methoxy groups -OCH3 is 1. The van der Waals surface area contributed by atoms with Gasteiger partial charge in [-0.1, -0.05) is 11.6 Å². The molecule has 4 N–H and O–H groups in total. The van der Waals surface area contributed by atoms with Crippen LogP contribution in [0.2, 0.25) is 5.02 Å². The maximum absolute atomic E-state index is 12.0. The molecule has 0 atom stereocenters. The fourth-order valence-corrected chi connectivity index (χ4v) is 3.14. The van der Waals surface area contributed by atoms with Crippen molar-refractivity contribution < 1.29 is 14.3 Å². The third kappa shape index (κ3) is 5.48. The zero-order valence-electron chi connectivity index (χ0n) is 17.3. The molecule has 1 amide bonds. The predicted molar refractivity (Wildman–Crippen MR) is 118 cm³/mol. The van der Waals surface area contributed by atoms with Crippen molar-refractivity contribution in [2.45, 2.75) is 32.9 Å². The molecule has 0 radical (unpaired) electrons. The number of imidazole rings is 1. The van der Waals surface area contributed by atoms with Crippen LogP contribution in [-0.2, 0) is 11.3 Å². The Balaban J connectivity index is 1.69. The third-order valence-corrected chi connectivity index (χ3v) is 4.56. The van der Waals surface area contributed by atoms with Crippen LogP contribution in [-0.4, -0.2) is 35.1 Å². The van der Waals surface area contributed by atoms with Crippen molar-refractivity contribution >= 4 is 34.2 Å². The molecule has 9 heteroatoms. The van der Waals surface area contributed by atoms with Crippen molar-refractivity contribution in [1.29, 1.82) is 0 Å². The summed E-state index contributed by atoms with van der Waals surface area (Å²) in [5.74, 6) is 0.636. The molecule has 1 aromatic heterocycles. The first-order chi connectivity index (χ1) is 14.1. The predicted octanol–water partition coefficient (Wildman–Crippen LogP) is 3.42. The minimum Gasteiger partial charge on any atom is -0.493 e. The van der Waals surface area contributed by atoms with Crippen LogP contribution in [0.15, 0.2) is 35.1 Å². The Labute approximate surface area is 178 Å². The number of hydrogen-bond donors (Lipinski definition) is 4. The van der Waals surface area contributed by atoms with Crippen LogP contribution >= 0.6 is 11.6 Å². The number of hydrogen-bond acceptors (Lipinski definition) is 5. The van der Waals surface area contributed by atoms with Gasteiger partial charge in [0, 0.05) is 28.9 Å². The molecule has 30 heavy (non-hydrogen) atoms. The van der Waals surface area contributed by atoms with Crippen molar-refractivity contribution in [2.75, 3.05) is 19.0 Å². The normalized spacial score (nSPS) is 11.4. The number of amides is 1. The van der Waals surface area contributed by atoms with Gasteiger partial charge in [-0.2, -0.15) is 0 Å². The summed E-state index contributed by atoms with van der Waals surface area (Å²) in [7, 11) is 1.53. The van der Waals surface area contributed by atoms with E-state index in [0.29, 0.717) is 28.6 Å². The standard InChI is InChI=1S/C21H25ClN4O4/c1-21(2,3)26-19(27)11-30-18-9-14(22)12(7-17(18)29-4)10-23-13-5-6-15-16(8-13)25-20(28)24-15/h5-9,23H,10-11H2,1-4H3,(H,26,27)(H2,24,25,28). The minimum absolute atomic E-state index is 0.142. The van der Waals surface area contributed by atoms with Crippen LogP contribution in [0.1, 0.15) is 26.3 Å². The quantitative estimate of drug-likeness (QED) is 0.457. The molecule has 0 bridgehead atoms. The van der Waals surface area contributed by atoms with Crippen LogP contribution in [0.25, 0.3) is 11.0 Å². The molecule has 0 unspecified atom stereocenters. The fourth-order valence-electron chi connectivity index (χ4n) is 2.92. The average Bonchev–Trinajstić information content (AvgIpc) is 3.03. The summed E-state index contributed by atoms with van der Waals surface area (Å²) in [4.78, 5) is 28.8. The lowest BCUT2D eigenvalue weighted by atomic mass is 10.1. The highest BCUT2D eigenvalue weighted by Gasteiger charge is 2.16. The second-order valence-corrected chi connectivity index (χ2v) is 8.28. The Morgan fingerprint density at radius 3 is 2.53 bits per heavy atom. The van der Waals surface area contributed by atoms with E-state index in [4.69, 9.17) is 21.1 Å². The molecule has 3 aromatic rings. The number of H-pyrrole nitrogens is 2. The number of anilines is 1. The highest BCUT2D eigenvalue weighted by Crippen LogP contribution is 2.34. The summed E-state index contributed by atoms with van der Waals surface area (Å²) in [6, 6.07) is 8.92. The molecule has 8 nitrogen and oxygen atoms in total. The average molecular weight is 433 g/mol. The summed E-state index contributed by atoms with van der Waals surface area (Å²) in [6.07, 6.45) is 0. The zero-order valence-corrected chi connectivity index (χ0v) is 18.1. The Bertz CT molecular complexity index is 1110. The maximum Gasteiger partial charge on any atom is 0.323 e. The van der Waals surface area contributed by atoms with E-state index < -0.39 is 0 Å². The third-order valence-electron chi connectivity index (χ3n) is 4.20. The van der Waals surface area contributed by atoms with Crippen LogP contribution < -0.4 is 25.8 Å². The topological polar surface area (TPSA) is 108 Å². The van der Waals surface area contributed by atoms with Gasteiger partial charge in [-0.05, 0) is 50.6 Å². The first-order valence-electron chi connectivity index (χ1n) is 9.41. The van der Waals surface area contributed by atoms with E-state index in [2.05, 4.69) is 20.6 Å². The van der Waals surface area contributed by atoms with Crippen molar-refractivity contribution in [3.63, 3.8) is 0 Å². The molecule has 0 aliphatic heterocycles. The number of aromatic amines is 2. The molecule has 2 aromatic carbocycles. The van der Waals surface area contributed by atoms with E-state index in [9.17, 15) is 9.59 Å². The van der Waals surface area contributed by atoms with Gasteiger partial charge in [0.2, 0.25) is 0 Å². The number of rotatable bonds is 7. The number of benzene rings is 2. The number of aromatic nitrogens is 2. The van der Waals surface area contributed by atoms with E-state index in [1.807, 2.05) is 39.0 Å². The summed E-state index contributed by atoms with van der Waals surface area (Å²) >= 11 is 6.42. The molecule has 0 saturated heterocycles. The Morgan fingerprint density at radius 2 is 1.83 bits per heavy atom. The minimum atomic E-state index is -0.339. The highest BCUT2D eigenvalue weighted by atomic mass is 35.5. The molecular formula is C21H25ClN4O4. The number of carbonyl (C=O) groups excluding carboxylic acids is 1. The largest absolute Gasteiger partial charge is 0.493 e. The van der Waals surface area contributed by atoms with Crippen molar-refractivity contribution in [1.82, 2.24) is 15.3 Å². The first kappa shape index (κ1) is 21.6. The van der Waals surface area contributed by atoms with E-state index >= 15 is 0 Å².